The van der Waals surface area contributed by atoms with Gasteiger partial charge in [-0.25, -0.2) is 4.79 Å². The van der Waals surface area contributed by atoms with E-state index in [0.29, 0.717) is 0 Å². The first-order chi connectivity index (χ1) is 11.6. The minimum absolute atomic E-state index is 0.0339. The third kappa shape index (κ3) is 3.90. The Labute approximate surface area is 148 Å². The van der Waals surface area contributed by atoms with Crippen molar-refractivity contribution in [2.45, 2.75) is 38.6 Å². The Hall–Kier alpha value is -2.00. The highest BCUT2D eigenvalue weighted by Gasteiger charge is 2.28. The molecule has 1 aliphatic heterocycles. The number of rotatable bonds is 2. The summed E-state index contributed by atoms with van der Waals surface area (Å²) in [6.45, 7) is 2.79. The van der Waals surface area contributed by atoms with Gasteiger partial charge in [-0.2, -0.15) is 0 Å². The Bertz CT molecular complexity index is 699. The molecule has 2 aromatic rings. The molecule has 1 aliphatic rings. The monoisotopic (exact) mass is 342 g/mol. The molecule has 0 radical (unpaired) electrons. The van der Waals surface area contributed by atoms with Gasteiger partial charge in [-0.15, -0.1) is 0 Å². The maximum atomic E-state index is 12.9. The molecule has 0 saturated carbocycles. The second kappa shape index (κ2) is 7.71. The van der Waals surface area contributed by atoms with Gasteiger partial charge < -0.3 is 10.2 Å². The van der Waals surface area contributed by atoms with Gasteiger partial charge in [0.15, 0.2) is 0 Å². The average molecular weight is 343 g/mol. The van der Waals surface area contributed by atoms with Crippen molar-refractivity contribution in [1.29, 1.82) is 0 Å². The fraction of sp³-hybridized carbons (Fsp3) is 0.350. The quantitative estimate of drug-likeness (QED) is 0.735. The largest absolute Gasteiger partial charge is 0.322 e. The fourth-order valence-corrected chi connectivity index (χ4v) is 3.51. The molecule has 2 aromatic carbocycles. The predicted octanol–water partition coefficient (Wildman–Crippen LogP) is 5.80. The van der Waals surface area contributed by atoms with Crippen molar-refractivity contribution in [2.75, 3.05) is 11.9 Å². The van der Waals surface area contributed by atoms with Crippen LogP contribution in [-0.4, -0.2) is 17.5 Å². The van der Waals surface area contributed by atoms with Gasteiger partial charge in [0.25, 0.3) is 0 Å². The molecule has 0 spiro atoms. The van der Waals surface area contributed by atoms with E-state index >= 15 is 0 Å². The lowest BCUT2D eigenvalue weighted by Crippen LogP contribution is -2.38. The van der Waals surface area contributed by atoms with E-state index < -0.39 is 0 Å². The average Bonchev–Trinajstić information content (AvgIpc) is 2.83. The van der Waals surface area contributed by atoms with Crippen molar-refractivity contribution < 1.29 is 4.79 Å². The van der Waals surface area contributed by atoms with Crippen molar-refractivity contribution in [1.82, 2.24) is 4.90 Å². The van der Waals surface area contributed by atoms with E-state index in [-0.39, 0.29) is 12.1 Å². The Morgan fingerprint density at radius 1 is 1.08 bits per heavy atom. The van der Waals surface area contributed by atoms with Crippen LogP contribution in [0.1, 0.15) is 42.9 Å². The molecule has 2 amide bonds. The maximum absolute atomic E-state index is 12.9. The van der Waals surface area contributed by atoms with E-state index in [1.165, 1.54) is 5.56 Å². The second-order valence-electron chi connectivity index (χ2n) is 6.38. The van der Waals surface area contributed by atoms with E-state index in [1.807, 2.05) is 60.4 Å². The minimum Gasteiger partial charge on any atom is -0.317 e. The number of carbonyl (C=O) groups excluding carboxylic acids is 1. The Morgan fingerprint density at radius 3 is 2.58 bits per heavy atom. The lowest BCUT2D eigenvalue weighted by Gasteiger charge is -2.31. The van der Waals surface area contributed by atoms with Crippen molar-refractivity contribution in [3.63, 3.8) is 0 Å². The van der Waals surface area contributed by atoms with E-state index in [2.05, 4.69) is 5.32 Å². The van der Waals surface area contributed by atoms with E-state index in [9.17, 15) is 4.79 Å². The Kier molecular flexibility index (Phi) is 5.41. The van der Waals surface area contributed by atoms with Gasteiger partial charge in [0.2, 0.25) is 0 Å². The molecule has 1 heterocycles. The summed E-state index contributed by atoms with van der Waals surface area (Å²) in [6, 6.07) is 15.7. The molecule has 1 atom stereocenters. The van der Waals surface area contributed by atoms with Crippen LogP contribution in [0.3, 0.4) is 0 Å². The maximum Gasteiger partial charge on any atom is 0.322 e. The van der Waals surface area contributed by atoms with E-state index in [4.69, 9.17) is 11.6 Å². The number of hydrogen-bond donors (Lipinski definition) is 1. The van der Waals surface area contributed by atoms with Gasteiger partial charge >= 0.3 is 6.03 Å². The summed E-state index contributed by atoms with van der Waals surface area (Å²) in [7, 11) is 0. The van der Waals surface area contributed by atoms with Gasteiger partial charge in [-0.3, -0.25) is 0 Å². The zero-order valence-electron chi connectivity index (χ0n) is 14.0. The van der Waals surface area contributed by atoms with Crippen LogP contribution in [0.2, 0.25) is 5.02 Å². The highest BCUT2D eigenvalue weighted by atomic mass is 35.5. The summed E-state index contributed by atoms with van der Waals surface area (Å²) in [5.41, 5.74) is 3.05. The summed E-state index contributed by atoms with van der Waals surface area (Å²) in [4.78, 5) is 14.8. The molecule has 3 nitrogen and oxygen atoms in total. The molecule has 24 heavy (non-hydrogen) atoms. The smallest absolute Gasteiger partial charge is 0.317 e. The van der Waals surface area contributed by atoms with Gasteiger partial charge in [0.05, 0.1) is 6.04 Å². The first-order valence-corrected chi connectivity index (χ1v) is 8.91. The Morgan fingerprint density at radius 2 is 1.83 bits per heavy atom. The van der Waals surface area contributed by atoms with Crippen LogP contribution in [0.5, 0.6) is 0 Å². The molecule has 0 unspecified atom stereocenters. The lowest BCUT2D eigenvalue weighted by atomic mass is 10.0. The number of amides is 2. The summed E-state index contributed by atoms with van der Waals surface area (Å²) >= 11 is 6.40. The summed E-state index contributed by atoms with van der Waals surface area (Å²) in [5, 5.41) is 3.76. The van der Waals surface area contributed by atoms with Gasteiger partial charge in [-0.1, -0.05) is 60.3 Å². The molecule has 126 valence electrons. The van der Waals surface area contributed by atoms with Crippen molar-refractivity contribution in [3.8, 4) is 0 Å². The van der Waals surface area contributed by atoms with Crippen LogP contribution in [0.15, 0.2) is 48.5 Å². The summed E-state index contributed by atoms with van der Waals surface area (Å²) in [6.07, 6.45) is 4.24. The highest BCUT2D eigenvalue weighted by molar-refractivity contribution is 6.31. The van der Waals surface area contributed by atoms with Crippen molar-refractivity contribution >= 4 is 23.3 Å². The molecule has 1 N–H and O–H groups in total. The van der Waals surface area contributed by atoms with Crippen molar-refractivity contribution in [2.24, 2.45) is 0 Å². The molecule has 1 saturated heterocycles. The van der Waals surface area contributed by atoms with E-state index in [0.717, 1.165) is 48.5 Å². The highest BCUT2D eigenvalue weighted by Crippen LogP contribution is 2.34. The van der Waals surface area contributed by atoms with Gasteiger partial charge in [0, 0.05) is 17.3 Å². The lowest BCUT2D eigenvalue weighted by molar-refractivity contribution is 0.189. The number of halogens is 1. The molecule has 0 aromatic heterocycles. The standard InChI is InChI=1S/C20H23ClN2O/c1-15-10-12-16(13-11-15)22-20(24)23-14-6-2-3-9-19(23)17-7-4-5-8-18(17)21/h4-5,7-8,10-13,19H,2-3,6,9,14H2,1H3,(H,22,24)/t19-/m0/s1. The van der Waals surface area contributed by atoms with Crippen LogP contribution < -0.4 is 5.32 Å². The number of hydrogen-bond acceptors (Lipinski definition) is 1. The summed E-state index contributed by atoms with van der Waals surface area (Å²) < 4.78 is 0. The number of urea groups is 1. The number of likely N-dealkylation sites (tertiary alicyclic amines) is 1. The van der Waals surface area contributed by atoms with Crippen LogP contribution in [0.25, 0.3) is 0 Å². The number of aryl methyl sites for hydroxylation is 1. The van der Waals surface area contributed by atoms with Crippen molar-refractivity contribution in [3.05, 3.63) is 64.7 Å². The molecule has 0 bridgehead atoms. The number of anilines is 1. The molecular weight excluding hydrogens is 320 g/mol. The second-order valence-corrected chi connectivity index (χ2v) is 6.78. The molecule has 4 heteroatoms. The topological polar surface area (TPSA) is 32.3 Å². The molecule has 0 aliphatic carbocycles. The van der Waals surface area contributed by atoms with Gasteiger partial charge in [0.1, 0.15) is 0 Å². The number of carbonyl (C=O) groups is 1. The SMILES string of the molecule is Cc1ccc(NC(=O)N2CCCCC[C@H]2c2ccccc2Cl)cc1. The third-order valence-electron chi connectivity index (χ3n) is 4.58. The molecular formula is C20H23ClN2O. The fourth-order valence-electron chi connectivity index (χ4n) is 3.25. The number of nitrogens with one attached hydrogen (secondary N) is 1. The van der Waals surface area contributed by atoms with E-state index in [1.54, 1.807) is 0 Å². The first kappa shape index (κ1) is 16.8. The van der Waals surface area contributed by atoms with Crippen LogP contribution in [0.4, 0.5) is 10.5 Å². The zero-order chi connectivity index (χ0) is 16.9. The molecule has 1 fully saturated rings. The normalized spacial score (nSPS) is 18.1. The van der Waals surface area contributed by atoms with Crippen LogP contribution >= 0.6 is 11.6 Å². The Balaban J connectivity index is 1.83. The third-order valence-corrected chi connectivity index (χ3v) is 4.92. The molecule has 3 rings (SSSR count). The van der Waals surface area contributed by atoms with Gasteiger partial charge in [-0.05, 0) is 43.5 Å². The number of nitrogens with zero attached hydrogens (tertiary/aromatic N) is 1. The zero-order valence-corrected chi connectivity index (χ0v) is 14.7. The first-order valence-electron chi connectivity index (χ1n) is 8.54. The summed E-state index contributed by atoms with van der Waals surface area (Å²) in [5.74, 6) is 0. The minimum atomic E-state index is -0.0503. The predicted molar refractivity (Wildman–Crippen MR) is 99.6 cm³/mol. The van der Waals surface area contributed by atoms with Crippen LogP contribution in [0, 0.1) is 6.92 Å². The van der Waals surface area contributed by atoms with Crippen LogP contribution in [-0.2, 0) is 0 Å². The number of benzene rings is 2.